The topological polar surface area (TPSA) is 24.9 Å². The van der Waals surface area contributed by atoms with Crippen LogP contribution in [0, 0.1) is 18.8 Å². The van der Waals surface area contributed by atoms with Gasteiger partial charge in [0.1, 0.15) is 0 Å². The predicted molar refractivity (Wildman–Crippen MR) is 69.8 cm³/mol. The highest BCUT2D eigenvalue weighted by atomic mass is 32.1. The van der Waals surface area contributed by atoms with Crippen LogP contribution < -0.4 is 5.32 Å². The molecule has 1 aromatic heterocycles. The average Bonchev–Trinajstić information content (AvgIpc) is 2.84. The van der Waals surface area contributed by atoms with Crippen molar-refractivity contribution in [1.82, 2.24) is 10.3 Å². The number of nitrogens with zero attached hydrogens (tertiary/aromatic N) is 1. The largest absolute Gasteiger partial charge is 0.309 e. The van der Waals surface area contributed by atoms with E-state index in [0.717, 1.165) is 23.4 Å². The van der Waals surface area contributed by atoms with Gasteiger partial charge in [-0.15, -0.1) is 11.3 Å². The molecule has 1 fully saturated rings. The molecular weight excluding hydrogens is 216 g/mol. The van der Waals surface area contributed by atoms with Crippen LogP contribution in [0.3, 0.4) is 0 Å². The number of nitrogens with one attached hydrogen (secondary N) is 1. The van der Waals surface area contributed by atoms with E-state index in [9.17, 15) is 0 Å². The van der Waals surface area contributed by atoms with Gasteiger partial charge in [0, 0.05) is 11.4 Å². The van der Waals surface area contributed by atoms with E-state index >= 15 is 0 Å². The van der Waals surface area contributed by atoms with Crippen LogP contribution in [-0.2, 0) is 0 Å². The Morgan fingerprint density at radius 1 is 1.56 bits per heavy atom. The maximum Gasteiger partial charge on any atom is 0.0898 e. The van der Waals surface area contributed by atoms with Crippen molar-refractivity contribution in [2.75, 3.05) is 6.54 Å². The Labute approximate surface area is 102 Å². The van der Waals surface area contributed by atoms with Gasteiger partial charge in [-0.3, -0.25) is 0 Å². The molecule has 3 heteroatoms. The van der Waals surface area contributed by atoms with E-state index in [1.807, 2.05) is 0 Å². The molecule has 0 aliphatic heterocycles. The summed E-state index contributed by atoms with van der Waals surface area (Å²) in [5, 5.41) is 6.97. The third kappa shape index (κ3) is 2.83. The molecule has 0 aromatic carbocycles. The molecule has 3 unspecified atom stereocenters. The summed E-state index contributed by atoms with van der Waals surface area (Å²) in [6.45, 7) is 7.82. The van der Waals surface area contributed by atoms with Gasteiger partial charge in [0.25, 0.3) is 0 Å². The maximum absolute atomic E-state index is 4.53. The van der Waals surface area contributed by atoms with Gasteiger partial charge in [-0.1, -0.05) is 19.8 Å². The van der Waals surface area contributed by atoms with Crippen molar-refractivity contribution in [1.29, 1.82) is 0 Å². The van der Waals surface area contributed by atoms with Crippen molar-refractivity contribution in [3.8, 4) is 0 Å². The molecule has 1 saturated carbocycles. The zero-order valence-electron chi connectivity index (χ0n) is 10.5. The number of aromatic nitrogens is 1. The fourth-order valence-electron chi connectivity index (χ4n) is 2.54. The van der Waals surface area contributed by atoms with E-state index in [1.54, 1.807) is 11.3 Å². The van der Waals surface area contributed by atoms with Crippen molar-refractivity contribution in [3.63, 3.8) is 0 Å². The standard InChI is InChI=1S/C13H22N2S/c1-9-5-4-6-12(9)7-14-10(2)13-8-16-11(3)15-13/h8-10,12,14H,4-7H2,1-3H3. The highest BCUT2D eigenvalue weighted by molar-refractivity contribution is 7.09. The Hall–Kier alpha value is -0.410. The quantitative estimate of drug-likeness (QED) is 0.868. The van der Waals surface area contributed by atoms with Crippen LogP contribution in [0.1, 0.15) is 49.9 Å². The molecule has 1 N–H and O–H groups in total. The normalized spacial score (nSPS) is 27.2. The molecule has 16 heavy (non-hydrogen) atoms. The number of thiazole rings is 1. The molecule has 2 rings (SSSR count). The minimum Gasteiger partial charge on any atom is -0.309 e. The summed E-state index contributed by atoms with van der Waals surface area (Å²) in [7, 11) is 0. The van der Waals surface area contributed by atoms with Gasteiger partial charge in [0.2, 0.25) is 0 Å². The van der Waals surface area contributed by atoms with Crippen LogP contribution in [0.5, 0.6) is 0 Å². The van der Waals surface area contributed by atoms with Gasteiger partial charge in [-0.25, -0.2) is 4.98 Å². The fraction of sp³-hybridized carbons (Fsp3) is 0.769. The molecule has 0 saturated heterocycles. The molecule has 90 valence electrons. The number of hydrogen-bond donors (Lipinski definition) is 1. The Morgan fingerprint density at radius 2 is 2.38 bits per heavy atom. The minimum atomic E-state index is 0.401. The molecule has 0 radical (unpaired) electrons. The van der Waals surface area contributed by atoms with E-state index in [0.29, 0.717) is 6.04 Å². The van der Waals surface area contributed by atoms with Crippen molar-refractivity contribution in [3.05, 3.63) is 16.1 Å². The summed E-state index contributed by atoms with van der Waals surface area (Å²) >= 11 is 1.74. The molecule has 1 aromatic rings. The Bertz CT molecular complexity index is 334. The summed E-state index contributed by atoms with van der Waals surface area (Å²) in [5.41, 5.74) is 1.20. The second-order valence-electron chi connectivity index (χ2n) is 5.09. The number of hydrogen-bond acceptors (Lipinski definition) is 3. The van der Waals surface area contributed by atoms with Gasteiger partial charge in [0.15, 0.2) is 0 Å². The molecular formula is C13H22N2S. The number of rotatable bonds is 4. The summed E-state index contributed by atoms with van der Waals surface area (Å²) in [6, 6.07) is 0.401. The van der Waals surface area contributed by atoms with Crippen LogP contribution in [0.2, 0.25) is 0 Å². The third-order valence-corrected chi connectivity index (χ3v) is 4.60. The monoisotopic (exact) mass is 238 g/mol. The molecule has 0 bridgehead atoms. The second kappa shape index (κ2) is 5.28. The first-order chi connectivity index (χ1) is 7.66. The van der Waals surface area contributed by atoms with E-state index in [1.165, 1.54) is 25.0 Å². The third-order valence-electron chi connectivity index (χ3n) is 3.81. The van der Waals surface area contributed by atoms with Gasteiger partial charge >= 0.3 is 0 Å². The van der Waals surface area contributed by atoms with Gasteiger partial charge < -0.3 is 5.32 Å². The van der Waals surface area contributed by atoms with Crippen LogP contribution >= 0.6 is 11.3 Å². The van der Waals surface area contributed by atoms with E-state index in [2.05, 4.69) is 36.5 Å². The lowest BCUT2D eigenvalue weighted by molar-refractivity contribution is 0.373. The van der Waals surface area contributed by atoms with E-state index in [4.69, 9.17) is 0 Å². The SMILES string of the molecule is Cc1nc(C(C)NCC2CCCC2C)cs1. The first-order valence-electron chi connectivity index (χ1n) is 6.32. The lowest BCUT2D eigenvalue weighted by atomic mass is 9.98. The summed E-state index contributed by atoms with van der Waals surface area (Å²) in [6.07, 6.45) is 4.23. The van der Waals surface area contributed by atoms with Gasteiger partial charge in [0.05, 0.1) is 10.7 Å². The van der Waals surface area contributed by atoms with Gasteiger partial charge in [-0.05, 0) is 38.6 Å². The lowest BCUT2D eigenvalue weighted by Gasteiger charge is -2.19. The second-order valence-corrected chi connectivity index (χ2v) is 6.15. The van der Waals surface area contributed by atoms with Crippen LogP contribution in [0.15, 0.2) is 5.38 Å². The first-order valence-corrected chi connectivity index (χ1v) is 7.20. The summed E-state index contributed by atoms with van der Waals surface area (Å²) in [5.74, 6) is 1.78. The molecule has 3 atom stereocenters. The van der Waals surface area contributed by atoms with Crippen molar-refractivity contribution in [2.24, 2.45) is 11.8 Å². The zero-order chi connectivity index (χ0) is 11.5. The molecule has 2 nitrogen and oxygen atoms in total. The van der Waals surface area contributed by atoms with Crippen LogP contribution in [0.25, 0.3) is 0 Å². The Balaban J connectivity index is 1.81. The lowest BCUT2D eigenvalue weighted by Crippen LogP contribution is -2.27. The minimum absolute atomic E-state index is 0.401. The van der Waals surface area contributed by atoms with Crippen molar-refractivity contribution in [2.45, 2.75) is 46.1 Å². The fourth-order valence-corrected chi connectivity index (χ4v) is 3.24. The predicted octanol–water partition coefficient (Wildman–Crippen LogP) is 3.54. The van der Waals surface area contributed by atoms with Crippen molar-refractivity contribution >= 4 is 11.3 Å². The Kier molecular flexibility index (Phi) is 3.98. The highest BCUT2D eigenvalue weighted by Gasteiger charge is 2.23. The molecule has 1 aliphatic carbocycles. The Morgan fingerprint density at radius 3 is 2.94 bits per heavy atom. The molecule has 1 aliphatic rings. The van der Waals surface area contributed by atoms with Crippen molar-refractivity contribution < 1.29 is 0 Å². The van der Waals surface area contributed by atoms with E-state index < -0.39 is 0 Å². The summed E-state index contributed by atoms with van der Waals surface area (Å²) < 4.78 is 0. The zero-order valence-corrected chi connectivity index (χ0v) is 11.3. The van der Waals surface area contributed by atoms with Crippen LogP contribution in [-0.4, -0.2) is 11.5 Å². The first kappa shape index (κ1) is 12.1. The van der Waals surface area contributed by atoms with E-state index in [-0.39, 0.29) is 0 Å². The summed E-state index contributed by atoms with van der Waals surface area (Å²) in [4.78, 5) is 4.53. The smallest absolute Gasteiger partial charge is 0.0898 e. The maximum atomic E-state index is 4.53. The molecule has 0 amide bonds. The molecule has 0 spiro atoms. The highest BCUT2D eigenvalue weighted by Crippen LogP contribution is 2.31. The average molecular weight is 238 g/mol. The number of aryl methyl sites for hydroxylation is 1. The van der Waals surface area contributed by atoms with Crippen LogP contribution in [0.4, 0.5) is 0 Å². The van der Waals surface area contributed by atoms with Gasteiger partial charge in [-0.2, -0.15) is 0 Å². The molecule has 1 heterocycles.